The fraction of sp³-hybridized carbons (Fsp3) is 1.00. The molecule has 1 fully saturated rings. The Hall–Kier alpha value is -0.130. The zero-order valence-corrected chi connectivity index (χ0v) is 8.63. The van der Waals surface area contributed by atoms with E-state index in [1.165, 1.54) is 8.61 Å². The second-order valence-corrected chi connectivity index (χ2v) is 5.38. The quantitative estimate of drug-likeness (QED) is 0.598. The van der Waals surface area contributed by atoms with Crippen LogP contribution in [-0.4, -0.2) is 43.2 Å². The smallest absolute Gasteiger partial charge is 0.195 e. The molecule has 1 saturated heterocycles. The van der Waals surface area contributed by atoms with E-state index in [0.29, 0.717) is 13.1 Å². The summed E-state index contributed by atoms with van der Waals surface area (Å²) >= 11 is 0. The van der Waals surface area contributed by atoms with Gasteiger partial charge in [-0.3, -0.25) is 0 Å². The van der Waals surface area contributed by atoms with Gasteiger partial charge in [0.15, 0.2) is 0 Å². The molecule has 0 aliphatic carbocycles. The second kappa shape index (κ2) is 3.32. The molecule has 1 heterocycles. The molecule has 5 heteroatoms. The lowest BCUT2D eigenvalue weighted by Crippen LogP contribution is -2.50. The van der Waals surface area contributed by atoms with Gasteiger partial charge in [0.05, 0.1) is 0 Å². The number of hydrogen-bond donors (Lipinski definition) is 0. The molecule has 0 radical (unpaired) electrons. The first kappa shape index (κ1) is 9.95. The summed E-state index contributed by atoms with van der Waals surface area (Å²) in [6.07, 6.45) is 0.925. The largest absolute Gasteiger partial charge is 0.281 e. The van der Waals surface area contributed by atoms with Crippen molar-refractivity contribution in [3.05, 3.63) is 0 Å². The summed E-state index contributed by atoms with van der Waals surface area (Å²) in [6.45, 7) is 5.10. The molecule has 0 saturated carbocycles. The fourth-order valence-corrected chi connectivity index (χ4v) is 2.99. The molecule has 0 aromatic heterocycles. The highest BCUT2D eigenvalue weighted by atomic mass is 32.2. The molecule has 1 rings (SSSR count). The van der Waals surface area contributed by atoms with Gasteiger partial charge in [0.2, 0.25) is 0 Å². The molecule has 72 valence electrons. The van der Waals surface area contributed by atoms with E-state index in [9.17, 15) is 8.42 Å². The van der Waals surface area contributed by atoms with Crippen molar-refractivity contribution in [2.45, 2.75) is 26.3 Å². The molecule has 4 nitrogen and oxygen atoms in total. The highest BCUT2D eigenvalue weighted by Gasteiger charge is 2.32. The van der Waals surface area contributed by atoms with Crippen molar-refractivity contribution >= 4 is 10.2 Å². The summed E-state index contributed by atoms with van der Waals surface area (Å²) in [7, 11) is -1.51. The molecule has 0 N–H and O–H groups in total. The van der Waals surface area contributed by atoms with E-state index in [1.54, 1.807) is 7.05 Å². The highest BCUT2D eigenvalue weighted by molar-refractivity contribution is 7.86. The van der Waals surface area contributed by atoms with E-state index in [-0.39, 0.29) is 6.04 Å². The standard InChI is InChI=1S/C7H16N2O2S/c1-7(2)9-6-4-5-8(3)12(9,10)11/h7H,4-6H2,1-3H3. The van der Waals surface area contributed by atoms with Crippen molar-refractivity contribution in [3.8, 4) is 0 Å². The first-order valence-corrected chi connectivity index (χ1v) is 5.59. The SMILES string of the molecule is CC(C)N1CCCN(C)S1(=O)=O. The number of hydrogen-bond acceptors (Lipinski definition) is 2. The third-order valence-corrected chi connectivity index (χ3v) is 4.28. The Morgan fingerprint density at radius 2 is 1.83 bits per heavy atom. The summed E-state index contributed by atoms with van der Waals surface area (Å²) in [5.74, 6) is 0. The van der Waals surface area contributed by atoms with Crippen molar-refractivity contribution in [2.75, 3.05) is 20.1 Å². The predicted molar refractivity (Wildman–Crippen MR) is 48.0 cm³/mol. The minimum absolute atomic E-state index is 0.0674. The van der Waals surface area contributed by atoms with Crippen LogP contribution in [0.15, 0.2) is 0 Å². The minimum Gasteiger partial charge on any atom is -0.195 e. The first-order chi connectivity index (χ1) is 5.46. The normalized spacial score (nSPS) is 26.3. The Bertz CT molecular complexity index is 248. The van der Waals surface area contributed by atoms with Crippen LogP contribution in [0.5, 0.6) is 0 Å². The maximum atomic E-state index is 11.6. The van der Waals surface area contributed by atoms with Gasteiger partial charge in [0, 0.05) is 26.2 Å². The maximum absolute atomic E-state index is 11.6. The van der Waals surface area contributed by atoms with Gasteiger partial charge in [-0.05, 0) is 20.3 Å². The van der Waals surface area contributed by atoms with Gasteiger partial charge in [-0.15, -0.1) is 0 Å². The van der Waals surface area contributed by atoms with Crippen molar-refractivity contribution in [1.29, 1.82) is 0 Å². The lowest BCUT2D eigenvalue weighted by Gasteiger charge is -2.34. The first-order valence-electron chi connectivity index (χ1n) is 4.19. The van der Waals surface area contributed by atoms with E-state index in [1.807, 2.05) is 13.8 Å². The lowest BCUT2D eigenvalue weighted by atomic mass is 10.3. The molecule has 12 heavy (non-hydrogen) atoms. The molecule has 1 aliphatic heterocycles. The Morgan fingerprint density at radius 1 is 1.25 bits per heavy atom. The Balaban J connectivity index is 2.88. The molecule has 0 amide bonds. The monoisotopic (exact) mass is 192 g/mol. The second-order valence-electron chi connectivity index (χ2n) is 3.39. The summed E-state index contributed by atoms with van der Waals surface area (Å²) in [5.41, 5.74) is 0. The van der Waals surface area contributed by atoms with Crippen molar-refractivity contribution in [2.24, 2.45) is 0 Å². The average molecular weight is 192 g/mol. The van der Waals surface area contributed by atoms with Crippen LogP contribution in [0.2, 0.25) is 0 Å². The van der Waals surface area contributed by atoms with E-state index in [4.69, 9.17) is 0 Å². The van der Waals surface area contributed by atoms with E-state index < -0.39 is 10.2 Å². The number of nitrogens with zero attached hydrogens (tertiary/aromatic N) is 2. The summed E-state index contributed by atoms with van der Waals surface area (Å²) in [4.78, 5) is 0. The van der Waals surface area contributed by atoms with Crippen LogP contribution >= 0.6 is 0 Å². The zero-order valence-electron chi connectivity index (χ0n) is 7.82. The lowest BCUT2D eigenvalue weighted by molar-refractivity contribution is 0.274. The molecule has 1 aliphatic rings. The van der Waals surface area contributed by atoms with Gasteiger partial charge in [0.25, 0.3) is 10.2 Å². The van der Waals surface area contributed by atoms with E-state index in [0.717, 1.165) is 6.42 Å². The van der Waals surface area contributed by atoms with Crippen molar-refractivity contribution < 1.29 is 8.42 Å². The Morgan fingerprint density at radius 3 is 2.25 bits per heavy atom. The van der Waals surface area contributed by atoms with Crippen LogP contribution in [-0.2, 0) is 10.2 Å². The highest BCUT2D eigenvalue weighted by Crippen LogP contribution is 2.16. The third-order valence-electron chi connectivity index (χ3n) is 2.12. The third kappa shape index (κ3) is 1.62. The molecular formula is C7H16N2O2S. The molecule has 0 bridgehead atoms. The fourth-order valence-electron chi connectivity index (χ4n) is 1.38. The number of rotatable bonds is 1. The van der Waals surface area contributed by atoms with Gasteiger partial charge in [-0.2, -0.15) is 17.0 Å². The zero-order chi connectivity index (χ0) is 9.35. The van der Waals surface area contributed by atoms with Crippen LogP contribution < -0.4 is 0 Å². The Labute approximate surface area is 74.3 Å². The van der Waals surface area contributed by atoms with Crippen molar-refractivity contribution in [1.82, 2.24) is 8.61 Å². The Kier molecular flexibility index (Phi) is 2.75. The molecule has 0 spiro atoms. The van der Waals surface area contributed by atoms with E-state index >= 15 is 0 Å². The average Bonchev–Trinajstić information content (AvgIpc) is 1.94. The van der Waals surface area contributed by atoms with Crippen molar-refractivity contribution in [3.63, 3.8) is 0 Å². The van der Waals surface area contributed by atoms with Gasteiger partial charge >= 0.3 is 0 Å². The summed E-state index contributed by atoms with van der Waals surface area (Å²) in [6, 6.07) is 0.0674. The van der Waals surface area contributed by atoms with Crippen LogP contribution in [0.1, 0.15) is 20.3 Å². The molecule has 0 atom stereocenters. The summed E-state index contributed by atoms with van der Waals surface area (Å²) < 4.78 is 26.2. The van der Waals surface area contributed by atoms with Crippen LogP contribution in [0.3, 0.4) is 0 Å². The van der Waals surface area contributed by atoms with Gasteiger partial charge in [0.1, 0.15) is 0 Å². The van der Waals surface area contributed by atoms with Gasteiger partial charge in [-0.1, -0.05) is 0 Å². The van der Waals surface area contributed by atoms with Crippen LogP contribution in [0, 0.1) is 0 Å². The topological polar surface area (TPSA) is 40.6 Å². The maximum Gasteiger partial charge on any atom is 0.281 e. The van der Waals surface area contributed by atoms with Crippen LogP contribution in [0.25, 0.3) is 0 Å². The van der Waals surface area contributed by atoms with Crippen LogP contribution in [0.4, 0.5) is 0 Å². The van der Waals surface area contributed by atoms with Gasteiger partial charge < -0.3 is 0 Å². The van der Waals surface area contributed by atoms with E-state index in [2.05, 4.69) is 0 Å². The molecule has 0 aromatic rings. The van der Waals surface area contributed by atoms with Gasteiger partial charge in [-0.25, -0.2) is 0 Å². The summed E-state index contributed by atoms with van der Waals surface area (Å²) in [5, 5.41) is 0. The molecule has 0 aromatic carbocycles. The molecule has 0 unspecified atom stereocenters. The predicted octanol–water partition coefficient (Wildman–Crippen LogP) is 0.277. The minimum atomic E-state index is -3.13. The molecular weight excluding hydrogens is 176 g/mol.